The lowest BCUT2D eigenvalue weighted by Crippen LogP contribution is -2.35. The smallest absolute Gasteiger partial charge is 0.119 e. The molecular formula is C34H52O3. The molecule has 0 aromatic rings. The molecule has 0 spiro atoms. The van der Waals surface area contributed by atoms with Crippen molar-refractivity contribution >= 4 is 6.29 Å². The predicted octanol–water partition coefficient (Wildman–Crippen LogP) is 8.03. The van der Waals surface area contributed by atoms with Crippen LogP contribution in [0.2, 0.25) is 0 Å². The number of carbonyl (C=O) groups excluding carboxylic acids is 1. The minimum atomic E-state index is -0.317. The molecule has 0 aliphatic heterocycles. The van der Waals surface area contributed by atoms with E-state index in [0.717, 1.165) is 57.7 Å². The molecular weight excluding hydrogens is 456 g/mol. The third kappa shape index (κ3) is 6.77. The van der Waals surface area contributed by atoms with Crippen molar-refractivity contribution in [1.29, 1.82) is 0 Å². The van der Waals surface area contributed by atoms with E-state index in [1.807, 2.05) is 0 Å². The molecule has 4 aliphatic carbocycles. The minimum Gasteiger partial charge on any atom is -0.393 e. The van der Waals surface area contributed by atoms with Gasteiger partial charge in [0.15, 0.2) is 0 Å². The lowest BCUT2D eigenvalue weighted by molar-refractivity contribution is -0.107. The Morgan fingerprint density at radius 2 is 1.81 bits per heavy atom. The number of carbonyl (C=O) groups is 1. The Morgan fingerprint density at radius 3 is 2.57 bits per heavy atom. The molecule has 0 bridgehead atoms. The van der Waals surface area contributed by atoms with E-state index in [1.54, 1.807) is 5.57 Å². The van der Waals surface area contributed by atoms with Gasteiger partial charge in [-0.2, -0.15) is 0 Å². The van der Waals surface area contributed by atoms with Crippen LogP contribution in [0.5, 0.6) is 0 Å². The first-order chi connectivity index (χ1) is 17.8. The average Bonchev–Trinajstić information content (AvgIpc) is 3.59. The molecule has 4 aliphatic rings. The maximum Gasteiger partial charge on any atom is 0.119 e. The molecule has 0 amide bonds. The third-order valence-corrected chi connectivity index (χ3v) is 10.7. The van der Waals surface area contributed by atoms with Gasteiger partial charge in [-0.15, -0.1) is 0 Å². The van der Waals surface area contributed by atoms with E-state index >= 15 is 0 Å². The molecule has 0 heterocycles. The molecule has 6 atom stereocenters. The van der Waals surface area contributed by atoms with Crippen LogP contribution >= 0.6 is 0 Å². The Morgan fingerprint density at radius 1 is 1.03 bits per heavy atom. The van der Waals surface area contributed by atoms with Crippen LogP contribution in [-0.2, 0) is 4.79 Å². The van der Waals surface area contributed by atoms with E-state index in [4.69, 9.17) is 0 Å². The summed E-state index contributed by atoms with van der Waals surface area (Å²) < 4.78 is 0. The van der Waals surface area contributed by atoms with Gasteiger partial charge >= 0.3 is 0 Å². The van der Waals surface area contributed by atoms with Crippen molar-refractivity contribution in [3.05, 3.63) is 47.6 Å². The van der Waals surface area contributed by atoms with Gasteiger partial charge in [0, 0.05) is 6.42 Å². The summed E-state index contributed by atoms with van der Waals surface area (Å²) in [5.74, 6) is 1.80. The minimum absolute atomic E-state index is 0.119. The summed E-state index contributed by atoms with van der Waals surface area (Å²) in [7, 11) is 0. The fraction of sp³-hybridized carbons (Fsp3) is 0.735. The number of aldehydes is 1. The highest BCUT2D eigenvalue weighted by molar-refractivity contribution is 5.48. The highest BCUT2D eigenvalue weighted by Crippen LogP contribution is 2.60. The quantitative estimate of drug-likeness (QED) is 0.159. The van der Waals surface area contributed by atoms with Gasteiger partial charge in [0.2, 0.25) is 0 Å². The lowest BCUT2D eigenvalue weighted by Gasteiger charge is -2.44. The van der Waals surface area contributed by atoms with Crippen LogP contribution < -0.4 is 0 Å². The molecule has 0 aromatic carbocycles. The largest absolute Gasteiger partial charge is 0.393 e. The summed E-state index contributed by atoms with van der Waals surface area (Å²) in [6, 6.07) is 0. The van der Waals surface area contributed by atoms with E-state index in [9.17, 15) is 15.0 Å². The Kier molecular flexibility index (Phi) is 9.73. The number of aliphatic hydroxyl groups excluding tert-OH is 2. The van der Waals surface area contributed by atoms with Crippen LogP contribution in [0.4, 0.5) is 0 Å². The van der Waals surface area contributed by atoms with Gasteiger partial charge in [0.1, 0.15) is 6.29 Å². The van der Waals surface area contributed by atoms with E-state index in [1.165, 1.54) is 56.1 Å². The summed E-state index contributed by atoms with van der Waals surface area (Å²) in [4.78, 5) is 10.5. The van der Waals surface area contributed by atoms with Crippen LogP contribution in [0.15, 0.2) is 47.6 Å². The van der Waals surface area contributed by atoms with Crippen LogP contribution in [0.1, 0.15) is 117 Å². The fourth-order valence-corrected chi connectivity index (χ4v) is 8.07. The van der Waals surface area contributed by atoms with Crippen molar-refractivity contribution in [2.45, 2.75) is 129 Å². The summed E-state index contributed by atoms with van der Waals surface area (Å²) in [6.45, 7) is 9.16. The summed E-state index contributed by atoms with van der Waals surface area (Å²) >= 11 is 0. The predicted molar refractivity (Wildman–Crippen MR) is 153 cm³/mol. The van der Waals surface area contributed by atoms with Crippen molar-refractivity contribution in [2.75, 3.05) is 0 Å². The Bertz CT molecular complexity index is 891. The first-order valence-electron chi connectivity index (χ1n) is 15.3. The number of aliphatic hydroxyl groups is 2. The summed E-state index contributed by atoms with van der Waals surface area (Å²) in [6.07, 6.45) is 27.0. The highest BCUT2D eigenvalue weighted by Gasteiger charge is 2.51. The number of unbranched alkanes of at least 4 members (excludes halogenated alkanes) is 4. The molecule has 37 heavy (non-hydrogen) atoms. The molecule has 3 heteroatoms. The molecule has 206 valence electrons. The van der Waals surface area contributed by atoms with Crippen molar-refractivity contribution in [2.24, 2.45) is 28.6 Å². The topological polar surface area (TPSA) is 57.5 Å². The van der Waals surface area contributed by atoms with Gasteiger partial charge in [-0.25, -0.2) is 0 Å². The molecule has 0 unspecified atom stereocenters. The SMILES string of the molecule is C=C1CC[C@H](O)C/C1=C/C=C1\CCC[C@]2(C)[C@@H]([C@H](C)/C=C/[C@@H](O)C3(CCCCCCC=O)CC3)CC[C@@H]12. The molecule has 4 fully saturated rings. The van der Waals surface area contributed by atoms with Crippen LogP contribution in [0.25, 0.3) is 0 Å². The fourth-order valence-electron chi connectivity index (χ4n) is 8.07. The van der Waals surface area contributed by atoms with Crippen molar-refractivity contribution in [3.63, 3.8) is 0 Å². The third-order valence-electron chi connectivity index (χ3n) is 10.7. The first-order valence-corrected chi connectivity index (χ1v) is 15.3. The van der Waals surface area contributed by atoms with Gasteiger partial charge in [0.05, 0.1) is 12.2 Å². The lowest BCUT2D eigenvalue weighted by atomic mass is 9.61. The molecule has 0 aromatic heterocycles. The Hall–Kier alpha value is -1.45. The molecule has 3 nitrogen and oxygen atoms in total. The Balaban J connectivity index is 1.34. The van der Waals surface area contributed by atoms with Crippen molar-refractivity contribution in [3.8, 4) is 0 Å². The molecule has 4 rings (SSSR count). The number of hydrogen-bond donors (Lipinski definition) is 2. The van der Waals surface area contributed by atoms with Gasteiger partial charge in [-0.05, 0) is 111 Å². The first kappa shape index (κ1) is 28.6. The second-order valence-electron chi connectivity index (χ2n) is 13.2. The van der Waals surface area contributed by atoms with Gasteiger partial charge in [-0.3, -0.25) is 0 Å². The van der Waals surface area contributed by atoms with Crippen LogP contribution in [0, 0.1) is 28.6 Å². The summed E-state index contributed by atoms with van der Waals surface area (Å²) in [5, 5.41) is 21.2. The van der Waals surface area contributed by atoms with Crippen LogP contribution in [-0.4, -0.2) is 28.7 Å². The monoisotopic (exact) mass is 508 g/mol. The number of hydrogen-bond acceptors (Lipinski definition) is 3. The maximum absolute atomic E-state index is 11.1. The zero-order valence-electron chi connectivity index (χ0n) is 23.6. The summed E-state index contributed by atoms with van der Waals surface area (Å²) in [5.41, 5.74) is 4.51. The van der Waals surface area contributed by atoms with Crippen molar-refractivity contribution < 1.29 is 15.0 Å². The molecule has 0 radical (unpaired) electrons. The highest BCUT2D eigenvalue weighted by atomic mass is 16.3. The molecule has 2 N–H and O–H groups in total. The zero-order chi connectivity index (χ0) is 26.5. The Labute approximate surface area is 226 Å². The zero-order valence-corrected chi connectivity index (χ0v) is 23.6. The number of fused-ring (bicyclic) bond motifs is 1. The van der Waals surface area contributed by atoms with E-state index in [0.29, 0.717) is 29.6 Å². The second kappa shape index (κ2) is 12.6. The molecule has 0 saturated heterocycles. The van der Waals surface area contributed by atoms with Gasteiger partial charge < -0.3 is 15.0 Å². The van der Waals surface area contributed by atoms with E-state index < -0.39 is 0 Å². The van der Waals surface area contributed by atoms with Crippen LogP contribution in [0.3, 0.4) is 0 Å². The normalized spacial score (nSPS) is 35.1. The van der Waals surface area contributed by atoms with Gasteiger partial charge in [-0.1, -0.05) is 75.1 Å². The molecule has 4 saturated carbocycles. The number of allylic oxidation sites excluding steroid dienone is 5. The van der Waals surface area contributed by atoms with E-state index in [2.05, 4.69) is 44.7 Å². The number of rotatable bonds is 12. The van der Waals surface area contributed by atoms with Gasteiger partial charge in [0.25, 0.3) is 0 Å². The second-order valence-corrected chi connectivity index (χ2v) is 13.2. The average molecular weight is 509 g/mol. The van der Waals surface area contributed by atoms with E-state index in [-0.39, 0.29) is 17.6 Å². The maximum atomic E-state index is 11.1. The van der Waals surface area contributed by atoms with Crippen molar-refractivity contribution in [1.82, 2.24) is 0 Å². The standard InChI is InChI=1S/C34H52O3/c1-25-11-15-29(36)24-28(25)14-13-27-10-9-19-33(3)30(16-17-31(27)33)26(2)12-18-32(37)34(21-22-34)20-7-5-4-6-8-23-35/h12-14,18,23,26,29-32,36-37H,1,4-11,15-17,19-22,24H2,2-3H3/b18-12+,27-13+,28-14-/t26-,29+,30-,31+,32-,33-/m1/s1.